The monoisotopic (exact) mass is 284 g/mol. The minimum Gasteiger partial charge on any atom is -0.316 e. The van der Waals surface area contributed by atoms with E-state index in [1.165, 1.54) is 76.2 Å². The van der Waals surface area contributed by atoms with Gasteiger partial charge in [-0.1, -0.05) is 26.2 Å². The minimum absolute atomic E-state index is 0.573. The largest absolute Gasteiger partial charge is 0.316 e. The first-order valence-electron chi connectivity index (χ1n) is 8.28. The van der Waals surface area contributed by atoms with Gasteiger partial charge < -0.3 is 5.32 Å². The van der Waals surface area contributed by atoms with Crippen LogP contribution in [0.25, 0.3) is 0 Å². The predicted molar refractivity (Wildman–Crippen MR) is 87.0 cm³/mol. The molecule has 2 fully saturated rings. The molecule has 3 heteroatoms. The van der Waals surface area contributed by atoms with Crippen molar-refractivity contribution in [1.29, 1.82) is 0 Å². The maximum atomic E-state index is 3.72. The average Bonchev–Trinajstić information content (AvgIpc) is 2.43. The van der Waals surface area contributed by atoms with Gasteiger partial charge >= 0.3 is 0 Å². The lowest BCUT2D eigenvalue weighted by Crippen LogP contribution is -2.50. The first-order chi connectivity index (χ1) is 9.26. The summed E-state index contributed by atoms with van der Waals surface area (Å²) in [5, 5.41) is 3.72. The molecule has 1 atom stereocenters. The van der Waals surface area contributed by atoms with Gasteiger partial charge in [-0.05, 0) is 38.1 Å². The number of thioether (sulfide) groups is 1. The second-order valence-electron chi connectivity index (χ2n) is 6.63. The predicted octanol–water partition coefficient (Wildman–Crippen LogP) is 3.37. The highest BCUT2D eigenvalue weighted by Crippen LogP contribution is 2.37. The summed E-state index contributed by atoms with van der Waals surface area (Å²) in [6, 6.07) is 0.781. The molecule has 0 aromatic rings. The molecule has 0 amide bonds. The van der Waals surface area contributed by atoms with Gasteiger partial charge in [0.05, 0.1) is 0 Å². The van der Waals surface area contributed by atoms with E-state index in [4.69, 9.17) is 0 Å². The van der Waals surface area contributed by atoms with Gasteiger partial charge in [-0.15, -0.1) is 0 Å². The van der Waals surface area contributed by atoms with Crippen molar-refractivity contribution in [2.24, 2.45) is 5.41 Å². The number of hydrogen-bond acceptors (Lipinski definition) is 3. The van der Waals surface area contributed by atoms with Crippen LogP contribution >= 0.6 is 11.8 Å². The molecule has 0 aromatic carbocycles. The molecular weight excluding hydrogens is 252 g/mol. The van der Waals surface area contributed by atoms with E-state index in [9.17, 15) is 0 Å². The van der Waals surface area contributed by atoms with Crippen LogP contribution in [0.5, 0.6) is 0 Å². The molecule has 2 aliphatic rings. The highest BCUT2D eigenvalue weighted by molar-refractivity contribution is 7.99. The molecule has 1 N–H and O–H groups in total. The maximum absolute atomic E-state index is 3.72. The third-order valence-electron chi connectivity index (χ3n) is 4.88. The van der Waals surface area contributed by atoms with Crippen LogP contribution in [0.4, 0.5) is 0 Å². The number of rotatable bonds is 6. The van der Waals surface area contributed by atoms with E-state index >= 15 is 0 Å². The summed E-state index contributed by atoms with van der Waals surface area (Å²) in [5.74, 6) is 2.67. The Labute approximate surface area is 124 Å². The zero-order valence-electron chi connectivity index (χ0n) is 12.9. The normalized spacial score (nSPS) is 28.4. The molecular formula is C16H32N2S. The van der Waals surface area contributed by atoms with E-state index in [0.717, 1.165) is 6.04 Å². The Balaban J connectivity index is 1.91. The van der Waals surface area contributed by atoms with Gasteiger partial charge in [0.1, 0.15) is 0 Å². The summed E-state index contributed by atoms with van der Waals surface area (Å²) in [6.07, 6.45) is 8.50. The van der Waals surface area contributed by atoms with Crippen molar-refractivity contribution in [1.82, 2.24) is 10.2 Å². The van der Waals surface area contributed by atoms with Crippen molar-refractivity contribution in [3.63, 3.8) is 0 Å². The van der Waals surface area contributed by atoms with Crippen LogP contribution in [0.3, 0.4) is 0 Å². The molecule has 112 valence electrons. The Bertz CT molecular complexity index is 251. The van der Waals surface area contributed by atoms with E-state index in [1.54, 1.807) is 0 Å². The lowest BCUT2D eigenvalue weighted by atomic mass is 9.73. The fourth-order valence-corrected chi connectivity index (χ4v) is 4.73. The minimum atomic E-state index is 0.573. The van der Waals surface area contributed by atoms with Crippen LogP contribution < -0.4 is 5.32 Å². The summed E-state index contributed by atoms with van der Waals surface area (Å²) < 4.78 is 0. The lowest BCUT2D eigenvalue weighted by Gasteiger charge is -2.44. The lowest BCUT2D eigenvalue weighted by molar-refractivity contribution is 0.0871. The molecule has 2 nitrogen and oxygen atoms in total. The summed E-state index contributed by atoms with van der Waals surface area (Å²) in [4.78, 5) is 2.77. The molecule has 0 radical (unpaired) electrons. The number of nitrogens with zero attached hydrogens (tertiary/aromatic N) is 1. The van der Waals surface area contributed by atoms with Crippen molar-refractivity contribution < 1.29 is 0 Å². The van der Waals surface area contributed by atoms with E-state index in [-0.39, 0.29) is 0 Å². The van der Waals surface area contributed by atoms with Crippen molar-refractivity contribution in [3.8, 4) is 0 Å². The third kappa shape index (κ3) is 4.64. The van der Waals surface area contributed by atoms with Gasteiger partial charge in [0.25, 0.3) is 0 Å². The summed E-state index contributed by atoms with van der Waals surface area (Å²) in [6.45, 7) is 9.77. The fraction of sp³-hybridized carbons (Fsp3) is 1.00. The molecule has 1 heterocycles. The first kappa shape index (κ1) is 15.7. The van der Waals surface area contributed by atoms with Gasteiger partial charge in [-0.25, -0.2) is 0 Å². The molecule has 1 saturated heterocycles. The molecule has 1 aliphatic heterocycles. The Morgan fingerprint density at radius 2 is 2.05 bits per heavy atom. The van der Waals surface area contributed by atoms with Gasteiger partial charge in [0.15, 0.2) is 0 Å². The Hall–Kier alpha value is 0.270. The molecule has 0 aromatic heterocycles. The summed E-state index contributed by atoms with van der Waals surface area (Å²) >= 11 is 2.13. The van der Waals surface area contributed by atoms with Gasteiger partial charge in [0, 0.05) is 37.2 Å². The topological polar surface area (TPSA) is 15.3 Å². The molecule has 1 saturated carbocycles. The van der Waals surface area contributed by atoms with E-state index in [1.807, 2.05) is 0 Å². The highest BCUT2D eigenvalue weighted by atomic mass is 32.2. The molecule has 2 rings (SSSR count). The first-order valence-corrected chi connectivity index (χ1v) is 9.44. The fourth-order valence-electron chi connectivity index (χ4n) is 3.65. The number of nitrogens with one attached hydrogen (secondary N) is 1. The Morgan fingerprint density at radius 1 is 1.26 bits per heavy atom. The van der Waals surface area contributed by atoms with Crippen LogP contribution in [0, 0.1) is 5.41 Å². The van der Waals surface area contributed by atoms with E-state index in [0.29, 0.717) is 5.41 Å². The Kier molecular flexibility index (Phi) is 6.51. The second-order valence-corrected chi connectivity index (χ2v) is 7.78. The van der Waals surface area contributed by atoms with E-state index < -0.39 is 0 Å². The van der Waals surface area contributed by atoms with Crippen molar-refractivity contribution >= 4 is 11.8 Å². The summed E-state index contributed by atoms with van der Waals surface area (Å²) in [5.41, 5.74) is 0.573. The summed E-state index contributed by atoms with van der Waals surface area (Å²) in [7, 11) is 0. The van der Waals surface area contributed by atoms with Crippen LogP contribution in [0.1, 0.15) is 52.4 Å². The molecule has 0 spiro atoms. The molecule has 19 heavy (non-hydrogen) atoms. The Morgan fingerprint density at radius 3 is 2.74 bits per heavy atom. The van der Waals surface area contributed by atoms with Gasteiger partial charge in [0.2, 0.25) is 0 Å². The molecule has 0 bridgehead atoms. The number of hydrogen-bond donors (Lipinski definition) is 1. The maximum Gasteiger partial charge on any atom is 0.0158 e. The average molecular weight is 285 g/mol. The zero-order chi connectivity index (χ0) is 13.6. The van der Waals surface area contributed by atoms with Crippen molar-refractivity contribution in [3.05, 3.63) is 0 Å². The molecule has 1 unspecified atom stereocenters. The van der Waals surface area contributed by atoms with Crippen LogP contribution in [-0.2, 0) is 0 Å². The second kappa shape index (κ2) is 7.90. The SMILES string of the molecule is CCCNCC1(CN2CCSCC2C)CCCCC1. The highest BCUT2D eigenvalue weighted by Gasteiger charge is 2.35. The zero-order valence-corrected chi connectivity index (χ0v) is 13.7. The van der Waals surface area contributed by atoms with Crippen molar-refractivity contribution in [2.45, 2.75) is 58.4 Å². The van der Waals surface area contributed by atoms with Gasteiger partial charge in [-0.2, -0.15) is 11.8 Å². The third-order valence-corrected chi connectivity index (χ3v) is 6.07. The van der Waals surface area contributed by atoms with Crippen LogP contribution in [0.15, 0.2) is 0 Å². The van der Waals surface area contributed by atoms with Crippen LogP contribution in [0.2, 0.25) is 0 Å². The van der Waals surface area contributed by atoms with Crippen LogP contribution in [-0.4, -0.2) is 48.6 Å². The molecule has 1 aliphatic carbocycles. The standard InChI is InChI=1S/C16H32N2S/c1-3-9-17-13-16(7-5-4-6-8-16)14-18-10-11-19-12-15(18)2/h15,17H,3-14H2,1-2H3. The van der Waals surface area contributed by atoms with Gasteiger partial charge in [-0.3, -0.25) is 4.90 Å². The quantitative estimate of drug-likeness (QED) is 0.753. The smallest absolute Gasteiger partial charge is 0.0158 e. The van der Waals surface area contributed by atoms with Crippen molar-refractivity contribution in [2.75, 3.05) is 37.7 Å². The van der Waals surface area contributed by atoms with E-state index in [2.05, 4.69) is 35.8 Å².